The van der Waals surface area contributed by atoms with Crippen molar-refractivity contribution in [1.29, 1.82) is 0 Å². The van der Waals surface area contributed by atoms with Crippen LogP contribution >= 0.6 is 0 Å². The molecular weight excluding hydrogens is 318 g/mol. The van der Waals surface area contributed by atoms with Gasteiger partial charge in [0, 0.05) is 12.7 Å². The maximum Gasteiger partial charge on any atom is 0.261 e. The van der Waals surface area contributed by atoms with Crippen molar-refractivity contribution in [3.8, 4) is 5.75 Å². The Morgan fingerprint density at radius 3 is 2.70 bits per heavy atom. The van der Waals surface area contributed by atoms with E-state index in [0.717, 1.165) is 0 Å². The van der Waals surface area contributed by atoms with Gasteiger partial charge in [-0.15, -0.1) is 0 Å². The van der Waals surface area contributed by atoms with Gasteiger partial charge in [0.1, 0.15) is 5.75 Å². The maximum absolute atomic E-state index is 12.4. The van der Waals surface area contributed by atoms with Crippen molar-refractivity contribution in [3.05, 3.63) is 48.3 Å². The summed E-state index contributed by atoms with van der Waals surface area (Å²) in [4.78, 5) is 15.9. The van der Waals surface area contributed by atoms with Crippen LogP contribution in [0.15, 0.2) is 47.6 Å². The average Bonchev–Trinajstić information content (AvgIpc) is 2.55. The molecule has 8 heteroatoms. The smallest absolute Gasteiger partial charge is 0.261 e. The van der Waals surface area contributed by atoms with Gasteiger partial charge in [-0.2, -0.15) is 0 Å². The zero-order valence-electron chi connectivity index (χ0n) is 12.7. The van der Waals surface area contributed by atoms with Crippen LogP contribution in [0.5, 0.6) is 5.75 Å². The summed E-state index contributed by atoms with van der Waals surface area (Å²) in [7, 11) is -2.42. The highest BCUT2D eigenvalue weighted by molar-refractivity contribution is 7.92. The normalized spacial score (nSPS) is 10.9. The zero-order valence-corrected chi connectivity index (χ0v) is 13.6. The van der Waals surface area contributed by atoms with Gasteiger partial charge in [0.15, 0.2) is 0 Å². The van der Waals surface area contributed by atoms with Crippen molar-refractivity contribution < 1.29 is 17.9 Å². The Hall–Kier alpha value is -2.61. The van der Waals surface area contributed by atoms with Crippen LogP contribution in [0.3, 0.4) is 0 Å². The van der Waals surface area contributed by atoms with Crippen LogP contribution in [0.2, 0.25) is 0 Å². The van der Waals surface area contributed by atoms with E-state index in [1.807, 2.05) is 0 Å². The zero-order chi connectivity index (χ0) is 16.9. The first-order valence-corrected chi connectivity index (χ1v) is 8.35. The molecule has 1 heterocycles. The Morgan fingerprint density at radius 2 is 2.09 bits per heavy atom. The molecular formula is C15H17N3O4S. The van der Waals surface area contributed by atoms with E-state index in [2.05, 4.69) is 15.0 Å². The summed E-state index contributed by atoms with van der Waals surface area (Å²) in [5.74, 6) is -0.0981. The highest BCUT2D eigenvalue weighted by Crippen LogP contribution is 2.24. The summed E-state index contributed by atoms with van der Waals surface area (Å²) in [5, 5.41) is 2.62. The van der Waals surface area contributed by atoms with Crippen molar-refractivity contribution in [2.45, 2.75) is 11.8 Å². The molecule has 0 aliphatic heterocycles. The maximum atomic E-state index is 12.4. The molecule has 0 bridgehead atoms. The molecule has 1 aromatic carbocycles. The minimum absolute atomic E-state index is 0.0385. The van der Waals surface area contributed by atoms with Crippen LogP contribution in [-0.4, -0.2) is 33.0 Å². The van der Waals surface area contributed by atoms with E-state index in [4.69, 9.17) is 4.74 Å². The van der Waals surface area contributed by atoms with Crippen molar-refractivity contribution in [2.75, 3.05) is 18.4 Å². The number of aromatic nitrogens is 1. The van der Waals surface area contributed by atoms with Gasteiger partial charge >= 0.3 is 0 Å². The Labute approximate surface area is 134 Å². The van der Waals surface area contributed by atoms with E-state index in [0.29, 0.717) is 18.0 Å². The average molecular weight is 335 g/mol. The number of hydrogen-bond donors (Lipinski definition) is 2. The van der Waals surface area contributed by atoms with Crippen molar-refractivity contribution in [3.63, 3.8) is 0 Å². The van der Waals surface area contributed by atoms with Crippen LogP contribution in [0.4, 0.5) is 5.69 Å². The Balaban J connectivity index is 2.39. The van der Waals surface area contributed by atoms with Crippen LogP contribution in [0.25, 0.3) is 0 Å². The lowest BCUT2D eigenvalue weighted by molar-refractivity contribution is 0.0952. The molecule has 0 atom stereocenters. The molecule has 0 aliphatic carbocycles. The summed E-state index contributed by atoms with van der Waals surface area (Å²) in [6.45, 7) is 2.20. The summed E-state index contributed by atoms with van der Waals surface area (Å²) in [6, 6.07) is 7.30. The van der Waals surface area contributed by atoms with E-state index in [1.54, 1.807) is 25.3 Å². The van der Waals surface area contributed by atoms with Gasteiger partial charge in [-0.1, -0.05) is 0 Å². The number of methoxy groups -OCH3 is 1. The van der Waals surface area contributed by atoms with Gasteiger partial charge in [-0.25, -0.2) is 8.42 Å². The first-order chi connectivity index (χ1) is 11.0. The highest BCUT2D eigenvalue weighted by Gasteiger charge is 2.19. The molecule has 0 saturated heterocycles. The number of ether oxygens (including phenoxy) is 1. The van der Waals surface area contributed by atoms with Gasteiger partial charge in [0.2, 0.25) is 0 Å². The molecule has 1 aromatic heterocycles. The van der Waals surface area contributed by atoms with Crippen LogP contribution < -0.4 is 14.8 Å². The molecule has 0 aliphatic rings. The molecule has 1 amide bonds. The number of nitrogens with one attached hydrogen (secondary N) is 2. The van der Waals surface area contributed by atoms with Gasteiger partial charge in [-0.3, -0.25) is 14.5 Å². The first-order valence-electron chi connectivity index (χ1n) is 6.87. The topological polar surface area (TPSA) is 97.4 Å². The molecule has 2 N–H and O–H groups in total. The van der Waals surface area contributed by atoms with Gasteiger partial charge in [0.25, 0.3) is 15.9 Å². The van der Waals surface area contributed by atoms with Crippen molar-refractivity contribution in [2.24, 2.45) is 0 Å². The first kappa shape index (κ1) is 16.8. The number of hydrogen-bond acceptors (Lipinski definition) is 5. The van der Waals surface area contributed by atoms with Crippen LogP contribution in [0.1, 0.15) is 17.3 Å². The lowest BCUT2D eigenvalue weighted by Gasteiger charge is -2.12. The molecule has 23 heavy (non-hydrogen) atoms. The number of nitrogens with zero attached hydrogens (tertiary/aromatic N) is 1. The number of rotatable bonds is 6. The Morgan fingerprint density at radius 1 is 1.30 bits per heavy atom. The number of amides is 1. The number of sulfonamides is 1. The molecule has 2 aromatic rings. The Bertz CT molecular complexity index is 792. The van der Waals surface area contributed by atoms with Gasteiger partial charge < -0.3 is 10.1 Å². The van der Waals surface area contributed by atoms with E-state index < -0.39 is 15.9 Å². The third-order valence-corrected chi connectivity index (χ3v) is 4.36. The minimum Gasteiger partial charge on any atom is -0.496 e. The summed E-state index contributed by atoms with van der Waals surface area (Å²) in [5.41, 5.74) is 0.492. The molecule has 0 unspecified atom stereocenters. The van der Waals surface area contributed by atoms with Crippen LogP contribution in [0, 0.1) is 0 Å². The molecule has 2 rings (SSSR count). The number of benzene rings is 1. The van der Waals surface area contributed by atoms with E-state index in [9.17, 15) is 13.2 Å². The minimum atomic E-state index is -3.83. The second-order valence-electron chi connectivity index (χ2n) is 4.57. The van der Waals surface area contributed by atoms with E-state index in [1.165, 1.54) is 31.5 Å². The number of pyridine rings is 1. The fourth-order valence-electron chi connectivity index (χ4n) is 1.92. The summed E-state index contributed by atoms with van der Waals surface area (Å²) in [6.07, 6.45) is 2.93. The van der Waals surface area contributed by atoms with Crippen molar-refractivity contribution >= 4 is 21.6 Å². The Kier molecular flexibility index (Phi) is 5.17. The fraction of sp³-hybridized carbons (Fsp3) is 0.200. The number of anilines is 1. The van der Waals surface area contributed by atoms with Crippen molar-refractivity contribution in [1.82, 2.24) is 10.3 Å². The number of carbonyl (C=O) groups excluding carboxylic acids is 1. The lowest BCUT2D eigenvalue weighted by atomic mass is 10.2. The third-order valence-electron chi connectivity index (χ3n) is 2.98. The summed E-state index contributed by atoms with van der Waals surface area (Å²) >= 11 is 0. The van der Waals surface area contributed by atoms with E-state index in [-0.39, 0.29) is 10.5 Å². The second kappa shape index (κ2) is 7.10. The number of carbonyl (C=O) groups is 1. The predicted molar refractivity (Wildman–Crippen MR) is 86.0 cm³/mol. The second-order valence-corrected chi connectivity index (χ2v) is 6.25. The molecule has 0 radical (unpaired) electrons. The molecule has 122 valence electrons. The van der Waals surface area contributed by atoms with Gasteiger partial charge in [0.05, 0.1) is 29.5 Å². The molecule has 0 spiro atoms. The van der Waals surface area contributed by atoms with Gasteiger partial charge in [-0.05, 0) is 37.3 Å². The predicted octanol–water partition coefficient (Wildman–Crippen LogP) is 1.64. The molecule has 0 saturated carbocycles. The fourth-order valence-corrected chi connectivity index (χ4v) is 2.99. The summed E-state index contributed by atoms with van der Waals surface area (Å²) < 4.78 is 32.4. The van der Waals surface area contributed by atoms with Crippen LogP contribution in [-0.2, 0) is 10.0 Å². The SMILES string of the molecule is CCNC(=O)c1cc(S(=O)(=O)Nc2cccnc2)ccc1OC. The highest BCUT2D eigenvalue weighted by atomic mass is 32.2. The monoisotopic (exact) mass is 335 g/mol. The van der Waals surface area contributed by atoms with E-state index >= 15 is 0 Å². The quantitative estimate of drug-likeness (QED) is 0.836. The lowest BCUT2D eigenvalue weighted by Crippen LogP contribution is -2.24. The molecule has 0 fully saturated rings. The molecule has 7 nitrogen and oxygen atoms in total. The standard InChI is InChI=1S/C15H17N3O4S/c1-3-17-15(19)13-9-12(6-7-14(13)22-2)23(20,21)18-11-5-4-8-16-10-11/h4-10,18H,3H2,1-2H3,(H,17,19). The largest absolute Gasteiger partial charge is 0.496 e. The third kappa shape index (κ3) is 3.98.